The Labute approximate surface area is 582 Å². The topological polar surface area (TPSA) is 25.3 Å². The van der Waals surface area contributed by atoms with E-state index in [1.165, 1.54) is 417 Å². The van der Waals surface area contributed by atoms with E-state index < -0.39 is 0 Å². The van der Waals surface area contributed by atoms with Crippen LogP contribution in [0.4, 0.5) is 0 Å². The molecule has 2 nitrogen and oxygen atoms in total. The molecule has 1 heterocycles. The summed E-state index contributed by atoms with van der Waals surface area (Å²) in [4.78, 5) is 0. The number of rotatable bonds is 66. The van der Waals surface area contributed by atoms with Crippen LogP contribution in [0, 0.1) is 14.9 Å². The molecular formula is C88H158N2Ni. The zero-order valence-electron chi connectivity index (χ0n) is 62.9. The molecule has 1 aliphatic heterocycles. The normalized spacial score (nSPS) is 12.4. The first-order valence-electron chi connectivity index (χ1n) is 40.7. The first-order chi connectivity index (χ1) is 43.5. The van der Waals surface area contributed by atoms with Crippen LogP contribution in [0.15, 0.2) is 47.5 Å². The number of hydrogen-bond donors (Lipinski definition) is 0. The number of benzene rings is 2. The monoisotopic (exact) mass is 1300 g/mol. The summed E-state index contributed by atoms with van der Waals surface area (Å²) in [5.74, 6) is 0. The van der Waals surface area contributed by atoms with Gasteiger partial charge in [0.2, 0.25) is 11.4 Å². The zero-order valence-corrected chi connectivity index (χ0v) is 63.9. The standard InChI is InChI=1S/C86H152N2.2CH3.Ni/c1-7-13-19-25-30-32-34-36-38-40-42-44-46-48-50-52-56-61-67-79-71-77(65-59-54-27-21-15-9-3)73-81(75-79)85-83(69-63-24-18-12-6)84(70-64-58-29-23-17-11-5)86(88(85)87)82-74-78(66-60-55-28-22-16-10-4)72-80(76-82)68-62-57-53-51-49-47-45-43-41-39-37-35-33-31-26-20-14-8-2;;;/h71-76H,7-70H2,1-6H3;2*1H3;/q;2*-1;+2. The van der Waals surface area contributed by atoms with Gasteiger partial charge in [0.1, 0.15) is 0 Å². The van der Waals surface area contributed by atoms with Gasteiger partial charge in [0, 0.05) is 22.3 Å². The van der Waals surface area contributed by atoms with E-state index >= 15 is 0 Å². The number of hydrogen-bond acceptors (Lipinski definition) is 0. The van der Waals surface area contributed by atoms with Crippen molar-refractivity contribution in [3.8, 4) is 0 Å². The molecule has 0 fully saturated rings. The molecule has 0 spiro atoms. The van der Waals surface area contributed by atoms with Gasteiger partial charge in [-0.2, -0.15) is 0 Å². The van der Waals surface area contributed by atoms with Crippen molar-refractivity contribution in [3.63, 3.8) is 0 Å². The van der Waals surface area contributed by atoms with Gasteiger partial charge >= 0.3 is 16.5 Å². The van der Waals surface area contributed by atoms with Crippen LogP contribution in [0.2, 0.25) is 0 Å². The van der Waals surface area contributed by atoms with Crippen LogP contribution in [0.25, 0.3) is 16.9 Å². The van der Waals surface area contributed by atoms with Crippen molar-refractivity contribution < 1.29 is 21.2 Å². The van der Waals surface area contributed by atoms with Crippen LogP contribution < -0.4 is 0 Å². The second-order valence-corrected chi connectivity index (χ2v) is 28.9. The Kier molecular flexibility index (Phi) is 63.9. The molecule has 91 heavy (non-hydrogen) atoms. The molecule has 1 aliphatic rings. The van der Waals surface area contributed by atoms with Gasteiger partial charge < -0.3 is 20.4 Å². The van der Waals surface area contributed by atoms with Crippen molar-refractivity contribution in [2.24, 2.45) is 0 Å². The van der Waals surface area contributed by atoms with Crippen molar-refractivity contribution in [1.29, 1.82) is 0 Å². The van der Waals surface area contributed by atoms with Gasteiger partial charge in [-0.3, -0.25) is 0 Å². The number of unbranched alkanes of at least 4 members (excludes halogenated alkanes) is 52. The van der Waals surface area contributed by atoms with E-state index in [2.05, 4.69) is 77.9 Å². The van der Waals surface area contributed by atoms with E-state index in [0.717, 1.165) is 49.9 Å². The molecule has 3 rings (SSSR count). The third kappa shape index (κ3) is 45.2. The van der Waals surface area contributed by atoms with Gasteiger partial charge in [-0.25, -0.2) is 4.70 Å². The molecule has 0 atom stereocenters. The Bertz CT molecular complexity index is 1990. The summed E-state index contributed by atoms with van der Waals surface area (Å²) in [5, 5.41) is 0. The summed E-state index contributed by atoms with van der Waals surface area (Å²) >= 11 is 0. The summed E-state index contributed by atoms with van der Waals surface area (Å²) in [6, 6.07) is 15.4. The van der Waals surface area contributed by atoms with Crippen LogP contribution in [0.3, 0.4) is 0 Å². The van der Waals surface area contributed by atoms with Crippen LogP contribution in [0.1, 0.15) is 460 Å². The van der Waals surface area contributed by atoms with Crippen molar-refractivity contribution in [2.45, 2.75) is 452 Å². The molecular weight excluding hydrogens is 1140 g/mol. The van der Waals surface area contributed by atoms with E-state index in [-0.39, 0.29) is 31.3 Å². The first kappa shape index (κ1) is 89.0. The predicted octanol–water partition coefficient (Wildman–Crippen LogP) is 31.5. The van der Waals surface area contributed by atoms with E-state index in [1.54, 1.807) is 4.70 Å². The maximum Gasteiger partial charge on any atom is 2.00 e. The van der Waals surface area contributed by atoms with Crippen LogP contribution in [-0.2, 0) is 42.2 Å². The molecule has 0 aromatic heterocycles. The van der Waals surface area contributed by atoms with E-state index in [9.17, 15) is 5.53 Å². The average molecular weight is 1300 g/mol. The zero-order chi connectivity index (χ0) is 62.8. The van der Waals surface area contributed by atoms with Crippen LogP contribution >= 0.6 is 0 Å². The van der Waals surface area contributed by atoms with E-state index in [0.29, 0.717) is 0 Å². The van der Waals surface area contributed by atoms with Gasteiger partial charge in [-0.15, -0.1) is 0 Å². The Morgan fingerprint density at radius 2 is 0.352 bits per heavy atom. The van der Waals surface area contributed by atoms with Crippen molar-refractivity contribution >= 4 is 11.4 Å². The number of nitrogens with zero attached hydrogens (tertiary/aromatic N) is 2. The summed E-state index contributed by atoms with van der Waals surface area (Å²) in [5.41, 5.74) is 27.1. The van der Waals surface area contributed by atoms with Crippen LogP contribution in [0.5, 0.6) is 0 Å². The minimum Gasteiger partial charge on any atom is -0.493 e. The average Bonchev–Trinajstić information content (AvgIpc) is 1.66. The van der Waals surface area contributed by atoms with Crippen LogP contribution in [-0.4, -0.2) is 4.70 Å². The Hall–Kier alpha value is -1.99. The molecule has 0 aliphatic carbocycles. The number of allylic oxidation sites excluding steroid dienone is 2. The fraction of sp³-hybridized carbons (Fsp3) is 0.795. The quantitative estimate of drug-likeness (QED) is 0.0273. The molecule has 0 saturated carbocycles. The molecule has 0 amide bonds. The minimum absolute atomic E-state index is 0. The Balaban J connectivity index is 0.0000270. The van der Waals surface area contributed by atoms with Gasteiger partial charge in [0.05, 0.1) is 0 Å². The fourth-order valence-electron chi connectivity index (χ4n) is 14.7. The Morgan fingerprint density at radius 1 is 0.209 bits per heavy atom. The minimum atomic E-state index is 0. The third-order valence-corrected chi connectivity index (χ3v) is 20.3. The largest absolute Gasteiger partial charge is 2.00 e. The van der Waals surface area contributed by atoms with Gasteiger partial charge in [0.25, 0.3) is 0 Å². The first-order valence-corrected chi connectivity index (χ1v) is 40.7. The SMILES string of the molecule is CCCCCCCCCCCCCCCCCCCCc1cc(CCCCCCCC)cc(C2=C(CCCCCC)C(CCCCCCCC)=C(c3cc(CCCCCCCC)cc(CCCCCCCCCCCCCCCCCCCC)c3)[N+]2=[N-])c1.[CH3-].[CH3-].[Ni+2]. The molecule has 3 heteroatoms. The predicted molar refractivity (Wildman–Crippen MR) is 409 cm³/mol. The molecule has 0 radical (unpaired) electrons. The smallest absolute Gasteiger partial charge is 0.493 e. The van der Waals surface area contributed by atoms with Gasteiger partial charge in [-0.1, -0.05) is 388 Å². The van der Waals surface area contributed by atoms with Gasteiger partial charge in [0.15, 0.2) is 0 Å². The third-order valence-electron chi connectivity index (χ3n) is 20.3. The molecule has 0 saturated heterocycles. The van der Waals surface area contributed by atoms with Gasteiger partial charge in [-0.05, 0) is 124 Å². The summed E-state index contributed by atoms with van der Waals surface area (Å²) < 4.78 is 1.79. The maximum absolute atomic E-state index is 13.3. The van der Waals surface area contributed by atoms with Crippen molar-refractivity contribution in [2.75, 3.05) is 0 Å². The molecule has 0 unspecified atom stereocenters. The molecule has 2 aromatic rings. The fourth-order valence-corrected chi connectivity index (χ4v) is 14.7. The van der Waals surface area contributed by atoms with Crippen molar-refractivity contribution in [1.82, 2.24) is 0 Å². The molecule has 0 N–H and O–H groups in total. The number of aryl methyl sites for hydroxylation is 4. The summed E-state index contributed by atoms with van der Waals surface area (Å²) in [7, 11) is 0. The maximum atomic E-state index is 13.3. The summed E-state index contributed by atoms with van der Waals surface area (Å²) in [6.45, 7) is 14.0. The van der Waals surface area contributed by atoms with Crippen molar-refractivity contribution in [3.05, 3.63) is 101 Å². The second-order valence-electron chi connectivity index (χ2n) is 28.9. The van der Waals surface area contributed by atoms with E-state index in [1.807, 2.05) is 0 Å². The molecule has 2 aromatic carbocycles. The summed E-state index contributed by atoms with van der Waals surface area (Å²) in [6.07, 6.45) is 86.4. The Morgan fingerprint density at radius 3 is 0.527 bits per heavy atom. The molecule has 0 bridgehead atoms. The second kappa shape index (κ2) is 65.3. The molecule has 530 valence electrons. The van der Waals surface area contributed by atoms with E-state index in [4.69, 9.17) is 0 Å².